The minimum absolute atomic E-state index is 0.0668. The monoisotopic (exact) mass is 460 g/mol. The number of ether oxygens (including phenoxy) is 1. The standard InChI is InChI=1S/C20H20N4O5S2/c1-29-19-8-3-2-7-17(19)18-14-30-20(21-18)22-9-11-23(12-10-22)31(27,28)16-6-4-5-15(13-16)24(25)26/h2-8,13-14H,9-12H2,1H3. The molecule has 0 atom stereocenters. The molecule has 2 aromatic carbocycles. The van der Waals surface area contributed by atoms with Gasteiger partial charge >= 0.3 is 0 Å². The lowest BCUT2D eigenvalue weighted by atomic mass is 10.1. The van der Waals surface area contributed by atoms with E-state index in [-0.39, 0.29) is 23.7 Å². The van der Waals surface area contributed by atoms with Gasteiger partial charge in [0.2, 0.25) is 10.0 Å². The normalized spacial score (nSPS) is 15.1. The highest BCUT2D eigenvalue weighted by Crippen LogP contribution is 2.33. The molecule has 0 bridgehead atoms. The van der Waals surface area contributed by atoms with E-state index in [4.69, 9.17) is 9.72 Å². The number of para-hydroxylation sites is 1. The predicted molar refractivity (Wildman–Crippen MR) is 118 cm³/mol. The average Bonchev–Trinajstić information content (AvgIpc) is 3.29. The summed E-state index contributed by atoms with van der Waals surface area (Å²) in [7, 11) is -2.18. The first kappa shape index (κ1) is 21.2. The summed E-state index contributed by atoms with van der Waals surface area (Å²) in [6.07, 6.45) is 0. The van der Waals surface area contributed by atoms with Crippen LogP contribution in [-0.4, -0.2) is 55.9 Å². The highest BCUT2D eigenvalue weighted by Gasteiger charge is 2.30. The summed E-state index contributed by atoms with van der Waals surface area (Å²) < 4.78 is 32.6. The molecule has 4 rings (SSSR count). The van der Waals surface area contributed by atoms with Gasteiger partial charge in [0.25, 0.3) is 5.69 Å². The van der Waals surface area contributed by atoms with E-state index in [0.29, 0.717) is 13.1 Å². The van der Waals surface area contributed by atoms with Gasteiger partial charge < -0.3 is 9.64 Å². The Bertz CT molecular complexity index is 1200. The zero-order valence-electron chi connectivity index (χ0n) is 16.7. The van der Waals surface area contributed by atoms with Gasteiger partial charge in [-0.2, -0.15) is 4.31 Å². The Hall–Kier alpha value is -3.02. The maximum absolute atomic E-state index is 12.9. The summed E-state index contributed by atoms with van der Waals surface area (Å²) in [6, 6.07) is 12.8. The number of methoxy groups -OCH3 is 1. The lowest BCUT2D eigenvalue weighted by Crippen LogP contribution is -2.48. The van der Waals surface area contributed by atoms with Gasteiger partial charge in [-0.15, -0.1) is 11.3 Å². The van der Waals surface area contributed by atoms with Crippen LogP contribution < -0.4 is 9.64 Å². The number of thiazole rings is 1. The van der Waals surface area contributed by atoms with E-state index >= 15 is 0 Å². The molecule has 11 heteroatoms. The highest BCUT2D eigenvalue weighted by atomic mass is 32.2. The smallest absolute Gasteiger partial charge is 0.270 e. The van der Waals surface area contributed by atoms with Crippen molar-refractivity contribution in [2.45, 2.75) is 4.90 Å². The molecule has 1 aliphatic rings. The molecule has 9 nitrogen and oxygen atoms in total. The minimum atomic E-state index is -3.80. The molecule has 0 spiro atoms. The van der Waals surface area contributed by atoms with Gasteiger partial charge in [0.1, 0.15) is 5.75 Å². The maximum atomic E-state index is 12.9. The molecule has 162 valence electrons. The van der Waals surface area contributed by atoms with E-state index in [1.54, 1.807) is 7.11 Å². The number of nitro groups is 1. The third kappa shape index (κ3) is 4.24. The summed E-state index contributed by atoms with van der Waals surface area (Å²) in [4.78, 5) is 17.1. The number of piperazine rings is 1. The van der Waals surface area contributed by atoms with Crippen molar-refractivity contribution in [1.82, 2.24) is 9.29 Å². The van der Waals surface area contributed by atoms with Crippen LogP contribution in [0.1, 0.15) is 0 Å². The van der Waals surface area contributed by atoms with Gasteiger partial charge in [-0.25, -0.2) is 13.4 Å². The fraction of sp³-hybridized carbons (Fsp3) is 0.250. The second-order valence-corrected chi connectivity index (χ2v) is 9.64. The van der Waals surface area contributed by atoms with Crippen LogP contribution in [0.5, 0.6) is 5.75 Å². The van der Waals surface area contributed by atoms with E-state index in [9.17, 15) is 18.5 Å². The average molecular weight is 461 g/mol. The summed E-state index contributed by atoms with van der Waals surface area (Å²) in [5.74, 6) is 0.743. The second-order valence-electron chi connectivity index (χ2n) is 6.86. The zero-order valence-corrected chi connectivity index (χ0v) is 18.3. The van der Waals surface area contributed by atoms with Crippen molar-refractivity contribution >= 4 is 32.2 Å². The molecular formula is C20H20N4O5S2. The lowest BCUT2D eigenvalue weighted by Gasteiger charge is -2.33. The Morgan fingerprint density at radius 2 is 1.84 bits per heavy atom. The number of sulfonamides is 1. The fourth-order valence-corrected chi connectivity index (χ4v) is 5.76. The van der Waals surface area contributed by atoms with E-state index in [1.807, 2.05) is 34.5 Å². The van der Waals surface area contributed by atoms with Gasteiger partial charge in [-0.1, -0.05) is 18.2 Å². The zero-order chi connectivity index (χ0) is 22.0. The minimum Gasteiger partial charge on any atom is -0.496 e. The third-order valence-corrected chi connectivity index (χ3v) is 7.85. The van der Waals surface area contributed by atoms with Crippen LogP contribution in [0.25, 0.3) is 11.3 Å². The van der Waals surface area contributed by atoms with Crippen LogP contribution in [0.4, 0.5) is 10.8 Å². The molecule has 0 N–H and O–H groups in total. The third-order valence-electron chi connectivity index (χ3n) is 5.05. The number of benzene rings is 2. The lowest BCUT2D eigenvalue weighted by molar-refractivity contribution is -0.385. The van der Waals surface area contributed by atoms with Crippen molar-refractivity contribution < 1.29 is 18.1 Å². The number of anilines is 1. The van der Waals surface area contributed by atoms with E-state index in [0.717, 1.165) is 28.2 Å². The summed E-state index contributed by atoms with van der Waals surface area (Å²) in [6.45, 7) is 1.50. The molecule has 1 aliphatic heterocycles. The molecule has 1 aromatic heterocycles. The van der Waals surface area contributed by atoms with Crippen molar-refractivity contribution in [2.75, 3.05) is 38.2 Å². The Labute approximate surface area is 183 Å². The molecule has 31 heavy (non-hydrogen) atoms. The molecule has 0 unspecified atom stereocenters. The van der Waals surface area contributed by atoms with Crippen molar-refractivity contribution in [1.29, 1.82) is 0 Å². The SMILES string of the molecule is COc1ccccc1-c1csc(N2CCN(S(=O)(=O)c3cccc([N+](=O)[O-])c3)CC2)n1. The number of nitrogens with zero attached hydrogens (tertiary/aromatic N) is 4. The first-order chi connectivity index (χ1) is 14.9. The molecule has 2 heterocycles. The Balaban J connectivity index is 1.47. The first-order valence-corrected chi connectivity index (χ1v) is 11.8. The fourth-order valence-electron chi connectivity index (χ4n) is 3.42. The number of hydrogen-bond donors (Lipinski definition) is 0. The number of aromatic nitrogens is 1. The van der Waals surface area contributed by atoms with Gasteiger partial charge in [0, 0.05) is 49.3 Å². The highest BCUT2D eigenvalue weighted by molar-refractivity contribution is 7.89. The molecule has 0 aliphatic carbocycles. The summed E-state index contributed by atoms with van der Waals surface area (Å²) >= 11 is 1.50. The summed E-state index contributed by atoms with van der Waals surface area (Å²) in [5, 5.41) is 13.7. The Morgan fingerprint density at radius 3 is 2.55 bits per heavy atom. The second kappa shape index (κ2) is 8.61. The van der Waals surface area contributed by atoms with E-state index in [2.05, 4.69) is 0 Å². The van der Waals surface area contributed by atoms with E-state index in [1.165, 1.54) is 33.8 Å². The first-order valence-electron chi connectivity index (χ1n) is 9.48. The van der Waals surface area contributed by atoms with Gasteiger partial charge in [-0.3, -0.25) is 10.1 Å². The Kier molecular flexibility index (Phi) is 5.90. The van der Waals surface area contributed by atoms with Gasteiger partial charge in [0.15, 0.2) is 5.13 Å². The topological polar surface area (TPSA) is 106 Å². The predicted octanol–water partition coefficient (Wildman–Crippen LogP) is 3.24. The van der Waals surface area contributed by atoms with Crippen molar-refractivity contribution in [3.63, 3.8) is 0 Å². The molecule has 0 saturated carbocycles. The van der Waals surface area contributed by atoms with E-state index < -0.39 is 14.9 Å². The van der Waals surface area contributed by atoms with Crippen molar-refractivity contribution in [3.05, 3.63) is 64.0 Å². The van der Waals surface area contributed by atoms with Crippen LogP contribution in [-0.2, 0) is 10.0 Å². The maximum Gasteiger partial charge on any atom is 0.270 e. The molecule has 0 radical (unpaired) electrons. The number of rotatable bonds is 6. The molecule has 1 fully saturated rings. The van der Waals surface area contributed by atoms with Crippen LogP contribution in [0.3, 0.4) is 0 Å². The van der Waals surface area contributed by atoms with Crippen LogP contribution in [0.2, 0.25) is 0 Å². The molecular weight excluding hydrogens is 440 g/mol. The molecule has 1 saturated heterocycles. The number of non-ortho nitro benzene ring substituents is 1. The number of nitro benzene ring substituents is 1. The largest absolute Gasteiger partial charge is 0.496 e. The van der Waals surface area contributed by atoms with Gasteiger partial charge in [-0.05, 0) is 18.2 Å². The summed E-state index contributed by atoms with van der Waals surface area (Å²) in [5.41, 5.74) is 1.47. The van der Waals surface area contributed by atoms with Crippen molar-refractivity contribution in [2.24, 2.45) is 0 Å². The quantitative estimate of drug-likeness (QED) is 0.411. The van der Waals surface area contributed by atoms with Crippen LogP contribution >= 0.6 is 11.3 Å². The van der Waals surface area contributed by atoms with Crippen LogP contribution in [0, 0.1) is 10.1 Å². The Morgan fingerprint density at radius 1 is 1.10 bits per heavy atom. The molecule has 0 amide bonds. The van der Waals surface area contributed by atoms with Gasteiger partial charge in [0.05, 0.1) is 22.6 Å². The van der Waals surface area contributed by atoms with Crippen molar-refractivity contribution in [3.8, 4) is 17.0 Å². The number of hydrogen-bond acceptors (Lipinski definition) is 8. The van der Waals surface area contributed by atoms with Crippen LogP contribution in [0.15, 0.2) is 58.8 Å². The molecule has 3 aromatic rings.